The molecule has 1 unspecified atom stereocenters. The Morgan fingerprint density at radius 2 is 1.45 bits per heavy atom. The monoisotopic (exact) mass is 313 g/mol. The molecule has 2 heteroatoms. The van der Waals surface area contributed by atoms with Gasteiger partial charge in [-0.3, -0.25) is 0 Å². The molecule has 0 amide bonds. The summed E-state index contributed by atoms with van der Waals surface area (Å²) in [5.74, 6) is 0.459. The summed E-state index contributed by atoms with van der Waals surface area (Å²) >= 11 is 6.05. The van der Waals surface area contributed by atoms with Gasteiger partial charge in [-0.25, -0.2) is 0 Å². The summed E-state index contributed by atoms with van der Waals surface area (Å²) in [6.45, 7) is 3.71. The van der Waals surface area contributed by atoms with Crippen molar-refractivity contribution in [1.29, 1.82) is 0 Å². The van der Waals surface area contributed by atoms with Crippen LogP contribution < -0.4 is 0 Å². The second-order valence-corrected chi connectivity index (χ2v) is 6.64. The Bertz CT molecular complexity index is 558. The van der Waals surface area contributed by atoms with Crippen LogP contribution in [0.3, 0.4) is 0 Å². The van der Waals surface area contributed by atoms with Crippen molar-refractivity contribution in [3.8, 4) is 0 Å². The minimum absolute atomic E-state index is 0.459. The lowest BCUT2D eigenvalue weighted by Crippen LogP contribution is -2.31. The predicted octanol–water partition coefficient (Wildman–Crippen LogP) is 5.35. The molecule has 0 bridgehead atoms. The Morgan fingerprint density at radius 3 is 2.14 bits per heavy atom. The van der Waals surface area contributed by atoms with E-state index in [2.05, 4.69) is 47.4 Å². The number of benzene rings is 2. The van der Waals surface area contributed by atoms with E-state index in [9.17, 15) is 0 Å². The van der Waals surface area contributed by atoms with Crippen molar-refractivity contribution in [2.75, 3.05) is 19.6 Å². The maximum atomic E-state index is 6.05. The van der Waals surface area contributed by atoms with Crippen LogP contribution in [0.4, 0.5) is 0 Å². The van der Waals surface area contributed by atoms with E-state index in [1.54, 1.807) is 0 Å². The summed E-state index contributed by atoms with van der Waals surface area (Å²) in [6.07, 6.45) is 5.29. The first-order valence-corrected chi connectivity index (χ1v) is 8.73. The highest BCUT2D eigenvalue weighted by Crippen LogP contribution is 2.29. The third kappa shape index (κ3) is 4.12. The fourth-order valence-corrected chi connectivity index (χ4v) is 3.53. The topological polar surface area (TPSA) is 3.24 Å². The quantitative estimate of drug-likeness (QED) is 0.719. The van der Waals surface area contributed by atoms with E-state index in [-0.39, 0.29) is 0 Å². The Balaban J connectivity index is 1.75. The number of hydrogen-bond donors (Lipinski definition) is 0. The molecule has 22 heavy (non-hydrogen) atoms. The van der Waals surface area contributed by atoms with Gasteiger partial charge in [0.25, 0.3) is 0 Å². The highest BCUT2D eigenvalue weighted by molar-refractivity contribution is 6.30. The summed E-state index contributed by atoms with van der Waals surface area (Å²) < 4.78 is 0. The van der Waals surface area contributed by atoms with Crippen LogP contribution in [0, 0.1) is 0 Å². The number of nitrogens with zero attached hydrogens (tertiary/aromatic N) is 1. The molecule has 1 aliphatic heterocycles. The Labute approximate surface area is 138 Å². The van der Waals surface area contributed by atoms with Gasteiger partial charge in [-0.1, -0.05) is 60.5 Å². The molecule has 1 aliphatic rings. The van der Waals surface area contributed by atoms with Crippen molar-refractivity contribution < 1.29 is 0 Å². The largest absolute Gasteiger partial charge is 0.303 e. The molecule has 0 aromatic heterocycles. The summed E-state index contributed by atoms with van der Waals surface area (Å²) in [7, 11) is 0. The molecule has 1 saturated heterocycles. The highest BCUT2D eigenvalue weighted by atomic mass is 35.5. The molecule has 2 aromatic carbocycles. The van der Waals surface area contributed by atoms with Gasteiger partial charge in [-0.15, -0.1) is 0 Å². The molecule has 3 rings (SSSR count). The van der Waals surface area contributed by atoms with Crippen molar-refractivity contribution >= 4 is 11.6 Å². The first kappa shape index (κ1) is 15.6. The molecule has 2 aromatic rings. The lowest BCUT2D eigenvalue weighted by molar-refractivity contribution is 0.223. The van der Waals surface area contributed by atoms with Crippen LogP contribution in [-0.2, 0) is 0 Å². The summed E-state index contributed by atoms with van der Waals surface area (Å²) in [4.78, 5) is 2.62. The van der Waals surface area contributed by atoms with Gasteiger partial charge in [-0.2, -0.15) is 0 Å². The van der Waals surface area contributed by atoms with Crippen molar-refractivity contribution in [2.45, 2.75) is 31.6 Å². The van der Waals surface area contributed by atoms with E-state index in [0.717, 1.165) is 5.02 Å². The van der Waals surface area contributed by atoms with Crippen LogP contribution in [-0.4, -0.2) is 24.5 Å². The molecule has 116 valence electrons. The van der Waals surface area contributed by atoms with Gasteiger partial charge in [0, 0.05) is 10.9 Å². The van der Waals surface area contributed by atoms with Gasteiger partial charge in [0.15, 0.2) is 0 Å². The summed E-state index contributed by atoms with van der Waals surface area (Å²) in [5.41, 5.74) is 2.77. The summed E-state index contributed by atoms with van der Waals surface area (Å²) in [5, 5.41) is 0.812. The third-order valence-corrected chi connectivity index (χ3v) is 4.91. The molecular formula is C20H24ClN. The molecule has 1 heterocycles. The summed E-state index contributed by atoms with van der Waals surface area (Å²) in [6, 6.07) is 19.2. The Morgan fingerprint density at radius 1 is 0.818 bits per heavy atom. The van der Waals surface area contributed by atoms with Crippen LogP contribution in [0.1, 0.15) is 42.7 Å². The normalized spacial score (nSPS) is 17.3. The molecule has 0 spiro atoms. The molecule has 1 nitrogen and oxygen atoms in total. The lowest BCUT2D eigenvalue weighted by atomic mass is 9.88. The minimum Gasteiger partial charge on any atom is -0.303 e. The van der Waals surface area contributed by atoms with Gasteiger partial charge >= 0.3 is 0 Å². The lowest BCUT2D eigenvalue weighted by Gasteiger charge is -2.28. The zero-order chi connectivity index (χ0) is 15.2. The Kier molecular flexibility index (Phi) is 5.53. The molecule has 0 saturated carbocycles. The third-order valence-electron chi connectivity index (χ3n) is 4.66. The van der Waals surface area contributed by atoms with Crippen LogP contribution in [0.2, 0.25) is 5.02 Å². The van der Waals surface area contributed by atoms with Crippen LogP contribution in [0.25, 0.3) is 0 Å². The van der Waals surface area contributed by atoms with Crippen molar-refractivity contribution in [3.05, 3.63) is 70.7 Å². The van der Waals surface area contributed by atoms with Crippen molar-refractivity contribution in [3.63, 3.8) is 0 Å². The maximum absolute atomic E-state index is 6.05. The average Bonchev–Trinajstić information content (AvgIpc) is 2.58. The highest BCUT2D eigenvalue weighted by Gasteiger charge is 2.17. The van der Waals surface area contributed by atoms with Crippen LogP contribution in [0.5, 0.6) is 0 Å². The van der Waals surface area contributed by atoms with E-state index in [1.165, 1.54) is 56.4 Å². The first-order valence-electron chi connectivity index (χ1n) is 8.36. The maximum Gasteiger partial charge on any atom is 0.0406 e. The van der Waals surface area contributed by atoms with Gasteiger partial charge in [0.05, 0.1) is 0 Å². The number of hydrogen-bond acceptors (Lipinski definition) is 1. The van der Waals surface area contributed by atoms with Gasteiger partial charge in [0.2, 0.25) is 0 Å². The van der Waals surface area contributed by atoms with Gasteiger partial charge < -0.3 is 4.90 Å². The molecule has 1 fully saturated rings. The van der Waals surface area contributed by atoms with Crippen molar-refractivity contribution in [2.24, 2.45) is 0 Å². The van der Waals surface area contributed by atoms with E-state index in [1.807, 2.05) is 12.1 Å². The molecule has 0 radical (unpaired) electrons. The fourth-order valence-electron chi connectivity index (χ4n) is 3.40. The number of halogens is 1. The molecular weight excluding hydrogens is 290 g/mol. The van der Waals surface area contributed by atoms with E-state index in [0.29, 0.717) is 5.92 Å². The second-order valence-electron chi connectivity index (χ2n) is 6.21. The molecule has 0 aliphatic carbocycles. The number of rotatable bonds is 5. The predicted molar refractivity (Wildman–Crippen MR) is 94.6 cm³/mol. The Hall–Kier alpha value is -1.31. The van der Waals surface area contributed by atoms with Gasteiger partial charge in [-0.05, 0) is 62.2 Å². The number of likely N-dealkylation sites (tertiary alicyclic amines) is 1. The molecule has 1 atom stereocenters. The van der Waals surface area contributed by atoms with Gasteiger partial charge in [0.1, 0.15) is 0 Å². The smallest absolute Gasteiger partial charge is 0.0406 e. The SMILES string of the molecule is Clc1ccc(C(CCN2CCCCC2)c2ccccc2)cc1. The van der Waals surface area contributed by atoms with E-state index in [4.69, 9.17) is 11.6 Å². The average molecular weight is 314 g/mol. The first-order chi connectivity index (χ1) is 10.8. The fraction of sp³-hybridized carbons (Fsp3) is 0.400. The standard InChI is InChI=1S/C20H24ClN/c21-19-11-9-18(10-12-19)20(17-7-3-1-4-8-17)13-16-22-14-5-2-6-15-22/h1,3-4,7-12,20H,2,5-6,13-16H2. The van der Waals surface area contributed by atoms with Crippen LogP contribution >= 0.6 is 11.6 Å². The van der Waals surface area contributed by atoms with Crippen LogP contribution in [0.15, 0.2) is 54.6 Å². The number of piperidine rings is 1. The zero-order valence-corrected chi connectivity index (χ0v) is 13.8. The zero-order valence-electron chi connectivity index (χ0n) is 13.0. The molecule has 0 N–H and O–H groups in total. The minimum atomic E-state index is 0.459. The van der Waals surface area contributed by atoms with E-state index < -0.39 is 0 Å². The second kappa shape index (κ2) is 7.80. The van der Waals surface area contributed by atoms with E-state index >= 15 is 0 Å². The van der Waals surface area contributed by atoms with Crippen molar-refractivity contribution in [1.82, 2.24) is 4.90 Å².